The van der Waals surface area contributed by atoms with E-state index >= 15 is 0 Å². The second-order valence-electron chi connectivity index (χ2n) is 4.92. The van der Waals surface area contributed by atoms with Gasteiger partial charge in [0, 0.05) is 19.5 Å². The summed E-state index contributed by atoms with van der Waals surface area (Å²) in [7, 11) is 1.46. The van der Waals surface area contributed by atoms with Crippen LogP contribution in [0.3, 0.4) is 0 Å². The van der Waals surface area contributed by atoms with Gasteiger partial charge >= 0.3 is 6.18 Å². The third-order valence-corrected chi connectivity index (χ3v) is 3.50. The molecule has 20 heavy (non-hydrogen) atoms. The Bertz CT molecular complexity index is 530. The van der Waals surface area contributed by atoms with E-state index in [4.69, 9.17) is 5.73 Å². The summed E-state index contributed by atoms with van der Waals surface area (Å²) in [6, 6.07) is 1.02. The van der Waals surface area contributed by atoms with E-state index in [1.54, 1.807) is 0 Å². The molecule has 0 spiro atoms. The molecule has 0 aliphatic carbocycles. The topological polar surface area (TPSA) is 46.3 Å². The predicted octanol–water partition coefficient (Wildman–Crippen LogP) is 2.47. The molecule has 1 amide bonds. The van der Waals surface area contributed by atoms with E-state index in [0.717, 1.165) is 12.1 Å². The Morgan fingerprint density at radius 1 is 1.30 bits per heavy atom. The molecule has 1 aromatic carbocycles. The van der Waals surface area contributed by atoms with Crippen LogP contribution in [0, 0.1) is 5.82 Å². The number of likely N-dealkylation sites (tertiary alicyclic amines) is 1. The van der Waals surface area contributed by atoms with Gasteiger partial charge in [-0.3, -0.25) is 4.79 Å². The number of carbonyl (C=O) groups excluding carboxylic acids is 1. The Hall–Kier alpha value is -1.63. The van der Waals surface area contributed by atoms with E-state index < -0.39 is 29.6 Å². The van der Waals surface area contributed by atoms with Crippen molar-refractivity contribution >= 4 is 5.91 Å². The van der Waals surface area contributed by atoms with Crippen molar-refractivity contribution in [2.45, 2.75) is 31.1 Å². The van der Waals surface area contributed by atoms with Crippen molar-refractivity contribution in [3.05, 3.63) is 35.1 Å². The van der Waals surface area contributed by atoms with E-state index in [9.17, 15) is 22.4 Å². The van der Waals surface area contributed by atoms with Gasteiger partial charge < -0.3 is 10.6 Å². The second kappa shape index (κ2) is 5.05. The first-order valence-electron chi connectivity index (χ1n) is 6.09. The fourth-order valence-electron chi connectivity index (χ4n) is 2.48. The van der Waals surface area contributed by atoms with Crippen LogP contribution in [0.5, 0.6) is 0 Å². The molecule has 7 heteroatoms. The van der Waals surface area contributed by atoms with Gasteiger partial charge in [0.05, 0.1) is 11.6 Å². The largest absolute Gasteiger partial charge is 0.416 e. The molecule has 1 aromatic rings. The average molecular weight is 290 g/mol. The van der Waals surface area contributed by atoms with Crippen molar-refractivity contribution in [1.29, 1.82) is 0 Å². The van der Waals surface area contributed by atoms with Gasteiger partial charge in [-0.2, -0.15) is 13.2 Å². The summed E-state index contributed by atoms with van der Waals surface area (Å²) < 4.78 is 51.5. The van der Waals surface area contributed by atoms with E-state index in [1.807, 2.05) is 0 Å². The lowest BCUT2D eigenvalue weighted by Gasteiger charge is -2.37. The Morgan fingerprint density at radius 2 is 1.95 bits per heavy atom. The lowest BCUT2D eigenvalue weighted by atomic mass is 9.90. The molecule has 0 aromatic heterocycles. The summed E-state index contributed by atoms with van der Waals surface area (Å²) in [6.07, 6.45) is -4.03. The Balaban J connectivity index is 2.46. The number of likely N-dealkylation sites (N-methyl/N-ethyl adjacent to an activating group) is 1. The van der Waals surface area contributed by atoms with Gasteiger partial charge in [0.2, 0.25) is 5.91 Å². The molecule has 1 fully saturated rings. The molecule has 2 N–H and O–H groups in total. The van der Waals surface area contributed by atoms with Crippen molar-refractivity contribution in [3.63, 3.8) is 0 Å². The Kier molecular flexibility index (Phi) is 3.73. The van der Waals surface area contributed by atoms with Gasteiger partial charge in [-0.25, -0.2) is 4.39 Å². The molecule has 3 nitrogen and oxygen atoms in total. The molecule has 1 aliphatic heterocycles. The number of alkyl halides is 3. The van der Waals surface area contributed by atoms with Gasteiger partial charge in [0.25, 0.3) is 0 Å². The van der Waals surface area contributed by atoms with Crippen molar-refractivity contribution in [1.82, 2.24) is 4.90 Å². The highest BCUT2D eigenvalue weighted by Gasteiger charge is 2.36. The number of amides is 1. The fourth-order valence-corrected chi connectivity index (χ4v) is 2.48. The van der Waals surface area contributed by atoms with Crippen LogP contribution in [-0.4, -0.2) is 23.9 Å². The lowest BCUT2D eigenvalue weighted by Crippen LogP contribution is -2.46. The van der Waals surface area contributed by atoms with Gasteiger partial charge in [-0.1, -0.05) is 0 Å². The third-order valence-electron chi connectivity index (χ3n) is 3.50. The van der Waals surface area contributed by atoms with Gasteiger partial charge in [-0.05, 0) is 30.2 Å². The Labute approximate surface area is 113 Å². The second-order valence-corrected chi connectivity index (χ2v) is 4.92. The number of halogens is 4. The summed E-state index contributed by atoms with van der Waals surface area (Å²) in [5, 5.41) is 0. The summed E-state index contributed by atoms with van der Waals surface area (Å²) in [4.78, 5) is 12.9. The first-order valence-corrected chi connectivity index (χ1v) is 6.09. The molecule has 1 aliphatic rings. The summed E-state index contributed by atoms with van der Waals surface area (Å²) >= 11 is 0. The zero-order valence-corrected chi connectivity index (χ0v) is 10.7. The lowest BCUT2D eigenvalue weighted by molar-refractivity contribution is -0.137. The van der Waals surface area contributed by atoms with Crippen LogP contribution in [0.1, 0.15) is 30.0 Å². The minimum absolute atomic E-state index is 0.0698. The highest BCUT2D eigenvalue weighted by atomic mass is 19.4. The van der Waals surface area contributed by atoms with Gasteiger partial charge in [-0.15, -0.1) is 0 Å². The van der Waals surface area contributed by atoms with Gasteiger partial charge in [0.1, 0.15) is 5.82 Å². The highest BCUT2D eigenvalue weighted by molar-refractivity contribution is 5.77. The van der Waals surface area contributed by atoms with E-state index in [-0.39, 0.29) is 17.9 Å². The molecule has 110 valence electrons. The van der Waals surface area contributed by atoms with Crippen molar-refractivity contribution in [3.8, 4) is 0 Å². The van der Waals surface area contributed by atoms with Crippen LogP contribution in [-0.2, 0) is 11.0 Å². The standard InChI is InChI=1S/C13H14F4N2O/c1-19-11(20)3-2-10(18)12(19)7-4-8(13(15,16)17)6-9(14)5-7/h4-6,10,12H,2-3,18H2,1H3. The van der Waals surface area contributed by atoms with Crippen molar-refractivity contribution < 1.29 is 22.4 Å². The molecular weight excluding hydrogens is 276 g/mol. The maximum absolute atomic E-state index is 13.4. The Morgan fingerprint density at radius 3 is 2.55 bits per heavy atom. The third kappa shape index (κ3) is 2.77. The molecule has 0 radical (unpaired) electrons. The average Bonchev–Trinajstić information content (AvgIpc) is 2.33. The number of carbonyl (C=O) groups is 1. The number of hydrogen-bond donors (Lipinski definition) is 1. The number of benzene rings is 1. The molecular formula is C13H14F4N2O. The van der Waals surface area contributed by atoms with Crippen LogP contribution in [0.2, 0.25) is 0 Å². The van der Waals surface area contributed by atoms with Crippen molar-refractivity contribution in [2.75, 3.05) is 7.05 Å². The quantitative estimate of drug-likeness (QED) is 0.808. The van der Waals surface area contributed by atoms with Crippen LogP contribution in [0.25, 0.3) is 0 Å². The molecule has 1 saturated heterocycles. The fraction of sp³-hybridized carbons (Fsp3) is 0.462. The van der Waals surface area contributed by atoms with Crippen LogP contribution >= 0.6 is 0 Å². The highest BCUT2D eigenvalue weighted by Crippen LogP contribution is 2.35. The van der Waals surface area contributed by atoms with Crippen molar-refractivity contribution in [2.24, 2.45) is 5.73 Å². The summed E-state index contributed by atoms with van der Waals surface area (Å²) in [5.74, 6) is -1.21. The minimum Gasteiger partial charge on any atom is -0.337 e. The zero-order chi connectivity index (χ0) is 15.1. The molecule has 2 atom stereocenters. The normalized spacial score (nSPS) is 24.1. The molecule has 2 rings (SSSR count). The first kappa shape index (κ1) is 14.8. The maximum atomic E-state index is 13.4. The number of piperidine rings is 1. The van der Waals surface area contributed by atoms with E-state index in [0.29, 0.717) is 12.5 Å². The van der Waals surface area contributed by atoms with Crippen LogP contribution < -0.4 is 5.73 Å². The summed E-state index contributed by atoms with van der Waals surface area (Å²) in [5.41, 5.74) is 4.87. The smallest absolute Gasteiger partial charge is 0.337 e. The minimum atomic E-state index is -4.64. The predicted molar refractivity (Wildman–Crippen MR) is 64.1 cm³/mol. The SMILES string of the molecule is CN1C(=O)CCC(N)C1c1cc(F)cc(C(F)(F)F)c1. The summed E-state index contributed by atoms with van der Waals surface area (Å²) in [6.45, 7) is 0. The number of hydrogen-bond acceptors (Lipinski definition) is 2. The number of rotatable bonds is 1. The monoisotopic (exact) mass is 290 g/mol. The van der Waals surface area contributed by atoms with E-state index in [1.165, 1.54) is 11.9 Å². The van der Waals surface area contributed by atoms with E-state index in [2.05, 4.69) is 0 Å². The molecule has 2 unspecified atom stereocenters. The number of nitrogens with two attached hydrogens (primary N) is 1. The van der Waals surface area contributed by atoms with Gasteiger partial charge in [0.15, 0.2) is 0 Å². The first-order chi connectivity index (χ1) is 9.20. The van der Waals surface area contributed by atoms with Crippen LogP contribution in [0.15, 0.2) is 18.2 Å². The zero-order valence-electron chi connectivity index (χ0n) is 10.7. The molecule has 1 heterocycles. The van der Waals surface area contributed by atoms with Crippen LogP contribution in [0.4, 0.5) is 17.6 Å². The maximum Gasteiger partial charge on any atom is 0.416 e. The molecule has 0 bridgehead atoms. The number of nitrogens with zero attached hydrogens (tertiary/aromatic N) is 1. The molecule has 0 saturated carbocycles.